The van der Waals surface area contributed by atoms with Gasteiger partial charge in [-0.1, -0.05) is 12.1 Å². The highest BCUT2D eigenvalue weighted by atomic mass is 16.2. The second-order valence-corrected chi connectivity index (χ2v) is 7.92. The molecule has 10 nitrogen and oxygen atoms in total. The van der Waals surface area contributed by atoms with Crippen LogP contribution in [0.25, 0.3) is 17.0 Å². The number of carbonyl (C=O) groups excluding carboxylic acids is 3. The number of H-pyrrole nitrogens is 2. The number of aryl methyl sites for hydroxylation is 1. The number of aromatic amines is 2. The topological polar surface area (TPSA) is 133 Å². The molecule has 0 bridgehead atoms. The minimum absolute atomic E-state index is 0.111. The van der Waals surface area contributed by atoms with E-state index in [0.717, 1.165) is 10.4 Å². The number of rotatable bonds is 4. The minimum atomic E-state index is -0.901. The number of imide groups is 1. The Bertz CT molecular complexity index is 1440. The largest absolute Gasteiger partial charge is 0.326 e. The lowest BCUT2D eigenvalue weighted by Gasteiger charge is -2.15. The molecule has 0 saturated carbocycles. The Morgan fingerprint density at radius 1 is 1.09 bits per heavy atom. The number of para-hydroxylation sites is 2. The molecule has 1 aliphatic heterocycles. The normalized spacial score (nSPS) is 16.1. The standard InChI is InChI=1S/C23H20N6O4/c1-12-20(22(33)29(27-12)23-25-17-5-3-4-6-18(17)26-23)16-11-19(31)28(21(16)32)15-9-7-14(8-10-15)24-13(2)30/h3-10,16,27H,11H2,1-2H3,(H,24,30)(H,25,26). The van der Waals surface area contributed by atoms with Crippen LogP contribution in [0.15, 0.2) is 53.3 Å². The predicted molar refractivity (Wildman–Crippen MR) is 121 cm³/mol. The highest BCUT2D eigenvalue weighted by Crippen LogP contribution is 2.33. The number of imidazole rings is 1. The van der Waals surface area contributed by atoms with Gasteiger partial charge < -0.3 is 10.3 Å². The summed E-state index contributed by atoms with van der Waals surface area (Å²) in [6.45, 7) is 3.09. The number of hydrogen-bond donors (Lipinski definition) is 3. The Labute approximate surface area is 187 Å². The fourth-order valence-corrected chi connectivity index (χ4v) is 4.19. The number of aromatic nitrogens is 4. The third-order valence-corrected chi connectivity index (χ3v) is 5.65. The molecule has 33 heavy (non-hydrogen) atoms. The molecule has 2 aromatic heterocycles. The molecular formula is C23H20N6O4. The molecule has 1 saturated heterocycles. The van der Waals surface area contributed by atoms with Crippen molar-refractivity contribution in [2.75, 3.05) is 10.2 Å². The lowest BCUT2D eigenvalue weighted by molar-refractivity contribution is -0.121. The van der Waals surface area contributed by atoms with Crippen LogP contribution in [-0.4, -0.2) is 37.5 Å². The van der Waals surface area contributed by atoms with Crippen LogP contribution in [0.2, 0.25) is 0 Å². The summed E-state index contributed by atoms with van der Waals surface area (Å²) in [7, 11) is 0. The van der Waals surface area contributed by atoms with Crippen LogP contribution in [0.5, 0.6) is 0 Å². The van der Waals surface area contributed by atoms with Gasteiger partial charge in [0.2, 0.25) is 23.7 Å². The molecule has 4 aromatic rings. The summed E-state index contributed by atoms with van der Waals surface area (Å²) in [5.41, 5.74) is 2.72. The smallest absolute Gasteiger partial charge is 0.278 e. The van der Waals surface area contributed by atoms with Gasteiger partial charge in [0.05, 0.1) is 28.2 Å². The van der Waals surface area contributed by atoms with Crippen molar-refractivity contribution in [3.05, 3.63) is 70.1 Å². The second-order valence-electron chi connectivity index (χ2n) is 7.92. The van der Waals surface area contributed by atoms with E-state index >= 15 is 0 Å². The molecule has 1 atom stereocenters. The van der Waals surface area contributed by atoms with Gasteiger partial charge in [-0.2, -0.15) is 4.68 Å². The molecule has 3 amide bonds. The molecule has 5 rings (SSSR count). The van der Waals surface area contributed by atoms with Crippen molar-refractivity contribution in [3.8, 4) is 5.95 Å². The summed E-state index contributed by atoms with van der Waals surface area (Å²) in [5, 5.41) is 5.61. The number of hydrogen-bond acceptors (Lipinski definition) is 5. The van der Waals surface area contributed by atoms with Crippen LogP contribution in [0.3, 0.4) is 0 Å². The molecule has 166 valence electrons. The van der Waals surface area contributed by atoms with Crippen LogP contribution >= 0.6 is 0 Å². The van der Waals surface area contributed by atoms with Crippen LogP contribution in [0, 0.1) is 6.92 Å². The fraction of sp³-hybridized carbons (Fsp3) is 0.174. The van der Waals surface area contributed by atoms with E-state index in [1.165, 1.54) is 11.6 Å². The quantitative estimate of drug-likeness (QED) is 0.416. The maximum absolute atomic E-state index is 13.2. The Morgan fingerprint density at radius 3 is 2.52 bits per heavy atom. The highest BCUT2D eigenvalue weighted by molar-refractivity contribution is 6.22. The van der Waals surface area contributed by atoms with Gasteiger partial charge in [0, 0.05) is 24.7 Å². The van der Waals surface area contributed by atoms with E-state index in [1.54, 1.807) is 31.2 Å². The number of nitrogens with one attached hydrogen (secondary N) is 3. The summed E-state index contributed by atoms with van der Waals surface area (Å²) in [6, 6.07) is 13.8. The number of fused-ring (bicyclic) bond motifs is 1. The third-order valence-electron chi connectivity index (χ3n) is 5.65. The number of amides is 3. The highest BCUT2D eigenvalue weighted by Gasteiger charge is 2.43. The van der Waals surface area contributed by atoms with Crippen LogP contribution in [-0.2, 0) is 14.4 Å². The lowest BCUT2D eigenvalue weighted by atomic mass is 9.98. The first-order chi connectivity index (χ1) is 15.8. The predicted octanol–water partition coefficient (Wildman–Crippen LogP) is 2.36. The van der Waals surface area contributed by atoms with E-state index in [1.807, 2.05) is 24.3 Å². The van der Waals surface area contributed by atoms with E-state index in [4.69, 9.17) is 0 Å². The zero-order valence-corrected chi connectivity index (χ0v) is 17.9. The van der Waals surface area contributed by atoms with Crippen molar-refractivity contribution in [2.24, 2.45) is 0 Å². The number of nitrogens with zero attached hydrogens (tertiary/aromatic N) is 3. The second kappa shape index (κ2) is 7.59. The summed E-state index contributed by atoms with van der Waals surface area (Å²) in [4.78, 5) is 59.0. The van der Waals surface area contributed by atoms with Crippen molar-refractivity contribution in [3.63, 3.8) is 0 Å². The first kappa shape index (κ1) is 20.4. The zero-order valence-electron chi connectivity index (χ0n) is 17.9. The van der Waals surface area contributed by atoms with E-state index in [0.29, 0.717) is 28.5 Å². The van der Waals surface area contributed by atoms with Gasteiger partial charge in [0.25, 0.3) is 5.56 Å². The van der Waals surface area contributed by atoms with Crippen molar-refractivity contribution < 1.29 is 14.4 Å². The Balaban J connectivity index is 1.48. The first-order valence-electron chi connectivity index (χ1n) is 10.3. The summed E-state index contributed by atoms with van der Waals surface area (Å²) in [6.07, 6.45) is -0.111. The molecule has 1 aliphatic rings. The summed E-state index contributed by atoms with van der Waals surface area (Å²) in [5.74, 6) is -1.68. The van der Waals surface area contributed by atoms with Gasteiger partial charge in [-0.05, 0) is 43.3 Å². The zero-order chi connectivity index (χ0) is 23.3. The van der Waals surface area contributed by atoms with E-state index in [2.05, 4.69) is 20.4 Å². The van der Waals surface area contributed by atoms with Gasteiger partial charge in [0.15, 0.2) is 0 Å². The molecule has 0 aliphatic carbocycles. The molecule has 1 unspecified atom stereocenters. The lowest BCUT2D eigenvalue weighted by Crippen LogP contribution is -2.31. The van der Waals surface area contributed by atoms with Crippen molar-refractivity contribution in [2.45, 2.75) is 26.2 Å². The number of benzene rings is 2. The molecule has 3 heterocycles. The fourth-order valence-electron chi connectivity index (χ4n) is 4.19. The first-order valence-corrected chi connectivity index (χ1v) is 10.3. The molecule has 0 radical (unpaired) electrons. The van der Waals surface area contributed by atoms with Gasteiger partial charge in [-0.25, -0.2) is 4.98 Å². The van der Waals surface area contributed by atoms with E-state index in [9.17, 15) is 19.2 Å². The van der Waals surface area contributed by atoms with Crippen LogP contribution in [0.4, 0.5) is 11.4 Å². The Morgan fingerprint density at radius 2 is 1.82 bits per heavy atom. The molecule has 2 aromatic carbocycles. The molecule has 0 spiro atoms. The van der Waals surface area contributed by atoms with Gasteiger partial charge in [0.1, 0.15) is 0 Å². The van der Waals surface area contributed by atoms with Crippen molar-refractivity contribution in [1.29, 1.82) is 0 Å². The number of anilines is 2. The van der Waals surface area contributed by atoms with Gasteiger partial charge in [-0.3, -0.25) is 29.2 Å². The van der Waals surface area contributed by atoms with E-state index < -0.39 is 23.3 Å². The van der Waals surface area contributed by atoms with Gasteiger partial charge in [-0.15, -0.1) is 0 Å². The van der Waals surface area contributed by atoms with E-state index in [-0.39, 0.29) is 17.9 Å². The minimum Gasteiger partial charge on any atom is -0.326 e. The maximum Gasteiger partial charge on any atom is 0.278 e. The average Bonchev–Trinajstić information content (AvgIpc) is 3.41. The molecule has 3 N–H and O–H groups in total. The SMILES string of the molecule is CC(=O)Nc1ccc(N2C(=O)CC(c3c(C)[nH]n(-c4nc5ccccc5[nH]4)c3=O)C2=O)cc1. The monoisotopic (exact) mass is 444 g/mol. The average molecular weight is 444 g/mol. The Hall–Kier alpha value is -4.47. The maximum atomic E-state index is 13.2. The third kappa shape index (κ3) is 3.41. The van der Waals surface area contributed by atoms with Crippen LogP contribution in [0.1, 0.15) is 30.5 Å². The summed E-state index contributed by atoms with van der Waals surface area (Å²) < 4.78 is 1.26. The van der Waals surface area contributed by atoms with Crippen LogP contribution < -0.4 is 15.8 Å². The molecular weight excluding hydrogens is 424 g/mol. The Kier molecular flexibility index (Phi) is 4.70. The van der Waals surface area contributed by atoms with Gasteiger partial charge >= 0.3 is 0 Å². The molecule has 1 fully saturated rings. The summed E-state index contributed by atoms with van der Waals surface area (Å²) >= 11 is 0. The van der Waals surface area contributed by atoms with Crippen molar-refractivity contribution in [1.82, 2.24) is 19.7 Å². The van der Waals surface area contributed by atoms with Crippen molar-refractivity contribution >= 4 is 40.1 Å². The number of carbonyl (C=O) groups is 3. The molecule has 10 heteroatoms.